The van der Waals surface area contributed by atoms with Crippen molar-refractivity contribution >= 4 is 0 Å². The Morgan fingerprint density at radius 2 is 2.00 bits per heavy atom. The van der Waals surface area contributed by atoms with Crippen LogP contribution in [0.15, 0.2) is 19.1 Å². The zero-order chi connectivity index (χ0) is 5.11. The summed E-state index contributed by atoms with van der Waals surface area (Å²) in [6.07, 6.45) is 5.05. The zero-order valence-electron chi connectivity index (χ0n) is 3.76. The molecule has 1 aliphatic rings. The lowest BCUT2D eigenvalue weighted by molar-refractivity contribution is 0.0131. The zero-order valence-corrected chi connectivity index (χ0v) is 3.76. The highest BCUT2D eigenvalue weighted by Crippen LogP contribution is 2.02. The third-order valence-electron chi connectivity index (χ3n) is 0.627. The lowest BCUT2D eigenvalue weighted by atomic mass is 10.6. The molecule has 2 heteroatoms. The Hall–Kier alpha value is -0.920. The van der Waals surface area contributed by atoms with Crippen molar-refractivity contribution in [2.45, 2.75) is 6.29 Å². The van der Waals surface area contributed by atoms with E-state index in [1.54, 1.807) is 0 Å². The standard InChI is InChI=1S/C5H5O2/c1-2-5-6-3-4-7-5/h3-5H,1H2. The first-order chi connectivity index (χ1) is 3.43. The van der Waals surface area contributed by atoms with Crippen LogP contribution in [-0.2, 0) is 9.47 Å². The van der Waals surface area contributed by atoms with Gasteiger partial charge in [-0.15, -0.1) is 0 Å². The quantitative estimate of drug-likeness (QED) is 0.482. The maximum absolute atomic E-state index is 4.73. The Balaban J connectivity index is 2.35. The molecule has 0 aromatic carbocycles. The van der Waals surface area contributed by atoms with E-state index in [0.29, 0.717) is 0 Å². The summed E-state index contributed by atoms with van der Waals surface area (Å²) in [6.45, 7) is 3.33. The van der Waals surface area contributed by atoms with Crippen LogP contribution in [0.1, 0.15) is 0 Å². The van der Waals surface area contributed by atoms with E-state index < -0.39 is 0 Å². The summed E-state index contributed by atoms with van der Waals surface area (Å²) < 4.78 is 9.45. The smallest absolute Gasteiger partial charge is 0.266 e. The Morgan fingerprint density at radius 3 is 2.29 bits per heavy atom. The fourth-order valence-electron chi connectivity index (χ4n) is 0.335. The topological polar surface area (TPSA) is 18.5 Å². The van der Waals surface area contributed by atoms with Crippen LogP contribution in [0.4, 0.5) is 0 Å². The lowest BCUT2D eigenvalue weighted by Gasteiger charge is -1.99. The number of rotatable bonds is 1. The van der Waals surface area contributed by atoms with Crippen molar-refractivity contribution in [3.05, 3.63) is 25.2 Å². The first-order valence-electron chi connectivity index (χ1n) is 1.92. The molecule has 0 saturated carbocycles. The van der Waals surface area contributed by atoms with Crippen molar-refractivity contribution < 1.29 is 9.47 Å². The van der Waals surface area contributed by atoms with Gasteiger partial charge in [-0.2, -0.15) is 0 Å². The third-order valence-corrected chi connectivity index (χ3v) is 0.627. The highest BCUT2D eigenvalue weighted by molar-refractivity contribution is 4.76. The fourth-order valence-corrected chi connectivity index (χ4v) is 0.335. The predicted molar refractivity (Wildman–Crippen MR) is 24.0 cm³/mol. The summed E-state index contributed by atoms with van der Waals surface area (Å²) in [4.78, 5) is 0. The van der Waals surface area contributed by atoms with E-state index in [4.69, 9.17) is 9.47 Å². The second-order valence-corrected chi connectivity index (χ2v) is 1.08. The van der Waals surface area contributed by atoms with Crippen LogP contribution in [0, 0.1) is 6.08 Å². The van der Waals surface area contributed by atoms with E-state index in [1.165, 1.54) is 12.5 Å². The first kappa shape index (κ1) is 4.24. The molecule has 0 saturated heterocycles. The molecule has 2 nitrogen and oxygen atoms in total. The van der Waals surface area contributed by atoms with E-state index in [9.17, 15) is 0 Å². The summed E-state index contributed by atoms with van der Waals surface area (Å²) in [5, 5.41) is 0. The molecule has 7 heavy (non-hydrogen) atoms. The molecule has 0 bridgehead atoms. The summed E-state index contributed by atoms with van der Waals surface area (Å²) in [7, 11) is 0. The van der Waals surface area contributed by atoms with Crippen LogP contribution in [0.25, 0.3) is 0 Å². The average molecular weight is 97.1 g/mol. The molecule has 1 aliphatic heterocycles. The van der Waals surface area contributed by atoms with E-state index in [1.807, 2.05) is 0 Å². The van der Waals surface area contributed by atoms with E-state index in [0.717, 1.165) is 0 Å². The minimum atomic E-state index is -0.375. The Bertz CT molecular complexity index is 88.3. The van der Waals surface area contributed by atoms with Gasteiger partial charge >= 0.3 is 0 Å². The molecule has 1 rings (SSSR count). The largest absolute Gasteiger partial charge is 0.455 e. The van der Waals surface area contributed by atoms with Gasteiger partial charge in [0.05, 0.1) is 0 Å². The molecule has 0 spiro atoms. The van der Waals surface area contributed by atoms with Crippen molar-refractivity contribution in [3.63, 3.8) is 0 Å². The summed E-state index contributed by atoms with van der Waals surface area (Å²) >= 11 is 0. The van der Waals surface area contributed by atoms with Gasteiger partial charge in [-0.25, -0.2) is 0 Å². The fraction of sp³-hybridized carbons (Fsp3) is 0.200. The van der Waals surface area contributed by atoms with Gasteiger partial charge in [0.1, 0.15) is 12.5 Å². The predicted octanol–water partition coefficient (Wildman–Crippen LogP) is 0.820. The third kappa shape index (κ3) is 0.738. The monoisotopic (exact) mass is 97.0 g/mol. The second-order valence-electron chi connectivity index (χ2n) is 1.08. The molecule has 0 amide bonds. The molecular weight excluding hydrogens is 92.1 g/mol. The van der Waals surface area contributed by atoms with Crippen molar-refractivity contribution in [1.82, 2.24) is 0 Å². The average Bonchev–Trinajstić information content (AvgIpc) is 2.14. The Morgan fingerprint density at radius 1 is 1.43 bits per heavy atom. The van der Waals surface area contributed by atoms with Crippen LogP contribution < -0.4 is 0 Å². The molecule has 37 valence electrons. The highest BCUT2D eigenvalue weighted by atomic mass is 16.7. The SMILES string of the molecule is C=[C]C1OC=CO1. The molecule has 0 fully saturated rings. The van der Waals surface area contributed by atoms with E-state index in [-0.39, 0.29) is 6.29 Å². The van der Waals surface area contributed by atoms with E-state index >= 15 is 0 Å². The van der Waals surface area contributed by atoms with Crippen molar-refractivity contribution in [2.75, 3.05) is 0 Å². The van der Waals surface area contributed by atoms with E-state index in [2.05, 4.69) is 12.7 Å². The summed E-state index contributed by atoms with van der Waals surface area (Å²) in [5.41, 5.74) is 0. The number of hydrogen-bond acceptors (Lipinski definition) is 2. The van der Waals surface area contributed by atoms with Crippen LogP contribution in [-0.4, -0.2) is 6.29 Å². The molecule has 0 atom stereocenters. The first-order valence-corrected chi connectivity index (χ1v) is 1.92. The van der Waals surface area contributed by atoms with Crippen LogP contribution in [0.5, 0.6) is 0 Å². The second kappa shape index (κ2) is 1.69. The Labute approximate surface area is 42.0 Å². The number of ether oxygens (including phenoxy) is 2. The van der Waals surface area contributed by atoms with Crippen LogP contribution >= 0.6 is 0 Å². The highest BCUT2D eigenvalue weighted by Gasteiger charge is 2.04. The van der Waals surface area contributed by atoms with Gasteiger partial charge < -0.3 is 9.47 Å². The van der Waals surface area contributed by atoms with Gasteiger partial charge in [-0.3, -0.25) is 0 Å². The molecule has 0 aromatic rings. The van der Waals surface area contributed by atoms with Crippen LogP contribution in [0.2, 0.25) is 0 Å². The van der Waals surface area contributed by atoms with Crippen LogP contribution in [0.3, 0.4) is 0 Å². The molecule has 0 unspecified atom stereocenters. The molecule has 1 radical (unpaired) electrons. The van der Waals surface area contributed by atoms with Crippen molar-refractivity contribution in [1.29, 1.82) is 0 Å². The van der Waals surface area contributed by atoms with Gasteiger partial charge in [0.2, 0.25) is 0 Å². The molecule has 0 aromatic heterocycles. The van der Waals surface area contributed by atoms with Crippen molar-refractivity contribution in [2.24, 2.45) is 0 Å². The maximum atomic E-state index is 4.73. The lowest BCUT2D eigenvalue weighted by Crippen LogP contribution is -2.00. The minimum Gasteiger partial charge on any atom is -0.455 e. The molecule has 0 N–H and O–H groups in total. The van der Waals surface area contributed by atoms with Crippen molar-refractivity contribution in [3.8, 4) is 0 Å². The summed E-state index contributed by atoms with van der Waals surface area (Å²) in [5.74, 6) is 0. The normalized spacial score (nSPS) is 18.3. The molecular formula is C5H5O2. The summed E-state index contributed by atoms with van der Waals surface area (Å²) in [6, 6.07) is 0. The van der Waals surface area contributed by atoms with Gasteiger partial charge in [0.15, 0.2) is 0 Å². The van der Waals surface area contributed by atoms with Gasteiger partial charge in [-0.1, -0.05) is 6.58 Å². The van der Waals surface area contributed by atoms with Gasteiger partial charge in [0, 0.05) is 6.08 Å². The van der Waals surface area contributed by atoms with Gasteiger partial charge in [-0.05, 0) is 0 Å². The number of hydrogen-bond donors (Lipinski definition) is 0. The molecule has 0 aliphatic carbocycles. The molecule has 1 heterocycles. The van der Waals surface area contributed by atoms with Gasteiger partial charge in [0.25, 0.3) is 6.29 Å². The minimum absolute atomic E-state index is 0.375. The Kier molecular flexibility index (Phi) is 1.02. The maximum Gasteiger partial charge on any atom is 0.266 e.